The molecule has 0 bridgehead atoms. The highest BCUT2D eigenvalue weighted by molar-refractivity contribution is 5.80. The molecule has 0 N–H and O–H groups in total. The van der Waals surface area contributed by atoms with Gasteiger partial charge in [-0.2, -0.15) is 0 Å². The number of hydrogen-bond acceptors (Lipinski definition) is 2. The lowest BCUT2D eigenvalue weighted by Gasteiger charge is -2.41. The van der Waals surface area contributed by atoms with E-state index in [-0.39, 0.29) is 17.6 Å². The first-order valence-corrected chi connectivity index (χ1v) is 5.32. The Balaban J connectivity index is 2.22. The number of ketones is 1. The SMILES string of the molecule is CC(=O)[C@@H]1CCC2=C([C@H](C=O)C2)[C@H]1C. The summed E-state index contributed by atoms with van der Waals surface area (Å²) in [5, 5.41) is 0. The lowest BCUT2D eigenvalue weighted by molar-refractivity contribution is -0.123. The van der Waals surface area contributed by atoms with E-state index in [0.717, 1.165) is 25.5 Å². The maximum absolute atomic E-state index is 11.4. The van der Waals surface area contributed by atoms with Crippen molar-refractivity contribution in [1.82, 2.24) is 0 Å². The third kappa shape index (κ3) is 1.24. The van der Waals surface area contributed by atoms with Crippen LogP contribution in [0.3, 0.4) is 0 Å². The molecule has 0 fully saturated rings. The van der Waals surface area contributed by atoms with Crippen molar-refractivity contribution in [3.63, 3.8) is 0 Å². The minimum atomic E-state index is 0.127. The topological polar surface area (TPSA) is 34.1 Å². The molecular weight excluding hydrogens is 176 g/mol. The number of Topliss-reactive ketones (excluding diaryl/α,β-unsaturated/α-hetero) is 1. The van der Waals surface area contributed by atoms with Crippen LogP contribution in [0.25, 0.3) is 0 Å². The molecular formula is C12H16O2. The molecule has 2 aliphatic rings. The largest absolute Gasteiger partial charge is 0.303 e. The summed E-state index contributed by atoms with van der Waals surface area (Å²) in [4.78, 5) is 22.1. The summed E-state index contributed by atoms with van der Waals surface area (Å²) in [7, 11) is 0. The van der Waals surface area contributed by atoms with Crippen molar-refractivity contribution in [2.45, 2.75) is 33.1 Å². The molecule has 0 radical (unpaired) electrons. The van der Waals surface area contributed by atoms with E-state index in [2.05, 4.69) is 6.92 Å². The number of hydrogen-bond donors (Lipinski definition) is 0. The molecule has 0 aliphatic heterocycles. The Morgan fingerprint density at radius 3 is 2.79 bits per heavy atom. The molecule has 2 rings (SSSR count). The predicted octanol–water partition coefficient (Wildman–Crippen LogP) is 2.14. The van der Waals surface area contributed by atoms with Gasteiger partial charge in [0.25, 0.3) is 0 Å². The maximum atomic E-state index is 11.4. The van der Waals surface area contributed by atoms with E-state index in [9.17, 15) is 9.59 Å². The van der Waals surface area contributed by atoms with Gasteiger partial charge in [0.05, 0.1) is 0 Å². The van der Waals surface area contributed by atoms with Crippen LogP contribution >= 0.6 is 0 Å². The van der Waals surface area contributed by atoms with Crippen molar-refractivity contribution < 1.29 is 9.59 Å². The van der Waals surface area contributed by atoms with E-state index < -0.39 is 0 Å². The summed E-state index contributed by atoms with van der Waals surface area (Å²) in [6.45, 7) is 3.76. The van der Waals surface area contributed by atoms with Gasteiger partial charge in [-0.15, -0.1) is 0 Å². The van der Waals surface area contributed by atoms with Gasteiger partial charge in [0.15, 0.2) is 0 Å². The Hall–Kier alpha value is -0.920. The first-order chi connectivity index (χ1) is 6.65. The van der Waals surface area contributed by atoms with E-state index >= 15 is 0 Å². The van der Waals surface area contributed by atoms with E-state index in [1.165, 1.54) is 11.1 Å². The molecule has 0 unspecified atom stereocenters. The minimum Gasteiger partial charge on any atom is -0.303 e. The summed E-state index contributed by atoms with van der Waals surface area (Å²) >= 11 is 0. The Kier molecular flexibility index (Phi) is 2.30. The standard InChI is InChI=1S/C12H16O2/c1-7-11(8(2)14)4-3-9-5-10(6-13)12(7)9/h6-7,10-11H,3-5H2,1-2H3/t7-,10-,11+/m0/s1. The van der Waals surface area contributed by atoms with Gasteiger partial charge < -0.3 is 4.79 Å². The highest BCUT2D eigenvalue weighted by atomic mass is 16.1. The van der Waals surface area contributed by atoms with Crippen LogP contribution in [0.1, 0.15) is 33.1 Å². The molecule has 0 aromatic heterocycles. The average Bonchev–Trinajstić information content (AvgIpc) is 2.07. The Morgan fingerprint density at radius 2 is 2.21 bits per heavy atom. The summed E-state index contributed by atoms with van der Waals surface area (Å²) in [6.07, 6.45) is 4.01. The fourth-order valence-electron chi connectivity index (χ4n) is 3.00. The quantitative estimate of drug-likeness (QED) is 0.496. The number of allylic oxidation sites excluding steroid dienone is 2. The van der Waals surface area contributed by atoms with Crippen LogP contribution < -0.4 is 0 Å². The second-order valence-corrected chi connectivity index (χ2v) is 4.55. The summed E-state index contributed by atoms with van der Waals surface area (Å²) in [5.41, 5.74) is 2.73. The van der Waals surface area contributed by atoms with Crippen LogP contribution in [0.2, 0.25) is 0 Å². The molecule has 3 atom stereocenters. The maximum Gasteiger partial charge on any atom is 0.133 e. The molecule has 0 aromatic rings. The first-order valence-electron chi connectivity index (χ1n) is 5.32. The lowest BCUT2D eigenvalue weighted by Crippen LogP contribution is -2.35. The number of aldehydes is 1. The normalized spacial score (nSPS) is 36.0. The van der Waals surface area contributed by atoms with Gasteiger partial charge >= 0.3 is 0 Å². The molecule has 2 nitrogen and oxygen atoms in total. The van der Waals surface area contributed by atoms with Crippen LogP contribution in [0.15, 0.2) is 11.1 Å². The first kappa shape index (κ1) is 9.63. The smallest absolute Gasteiger partial charge is 0.133 e. The van der Waals surface area contributed by atoms with Gasteiger partial charge in [0, 0.05) is 11.8 Å². The van der Waals surface area contributed by atoms with Crippen molar-refractivity contribution in [3.8, 4) is 0 Å². The van der Waals surface area contributed by atoms with Gasteiger partial charge in [-0.3, -0.25) is 4.79 Å². The fraction of sp³-hybridized carbons (Fsp3) is 0.667. The molecule has 0 saturated carbocycles. The molecule has 2 aliphatic carbocycles. The van der Waals surface area contributed by atoms with Crippen molar-refractivity contribution in [3.05, 3.63) is 11.1 Å². The third-order valence-corrected chi connectivity index (χ3v) is 3.81. The van der Waals surface area contributed by atoms with Crippen LogP contribution in [0.5, 0.6) is 0 Å². The second-order valence-electron chi connectivity index (χ2n) is 4.55. The van der Waals surface area contributed by atoms with Crippen LogP contribution in [0.4, 0.5) is 0 Å². The zero-order valence-corrected chi connectivity index (χ0v) is 8.75. The minimum absolute atomic E-state index is 0.127. The van der Waals surface area contributed by atoms with Crippen molar-refractivity contribution in [2.24, 2.45) is 17.8 Å². The van der Waals surface area contributed by atoms with Gasteiger partial charge in [0.1, 0.15) is 12.1 Å². The second kappa shape index (κ2) is 3.34. The number of rotatable bonds is 2. The number of carbonyl (C=O) groups excluding carboxylic acids is 2. The molecule has 0 heterocycles. The van der Waals surface area contributed by atoms with E-state index in [0.29, 0.717) is 5.92 Å². The van der Waals surface area contributed by atoms with E-state index in [4.69, 9.17) is 0 Å². The highest BCUT2D eigenvalue weighted by Gasteiger charge is 2.40. The molecule has 76 valence electrons. The van der Waals surface area contributed by atoms with Gasteiger partial charge in [-0.1, -0.05) is 18.1 Å². The highest BCUT2D eigenvalue weighted by Crippen LogP contribution is 2.48. The van der Waals surface area contributed by atoms with Crippen molar-refractivity contribution in [2.75, 3.05) is 0 Å². The number of carbonyl (C=O) groups is 2. The van der Waals surface area contributed by atoms with E-state index in [1.807, 2.05) is 0 Å². The zero-order valence-electron chi connectivity index (χ0n) is 8.75. The van der Waals surface area contributed by atoms with Crippen LogP contribution in [-0.4, -0.2) is 12.1 Å². The van der Waals surface area contributed by atoms with Gasteiger partial charge in [0.2, 0.25) is 0 Å². The third-order valence-electron chi connectivity index (χ3n) is 3.81. The van der Waals surface area contributed by atoms with Crippen molar-refractivity contribution >= 4 is 12.1 Å². The molecule has 0 amide bonds. The zero-order chi connectivity index (χ0) is 10.3. The Labute approximate surface area is 84.4 Å². The summed E-state index contributed by atoms with van der Waals surface area (Å²) in [6, 6.07) is 0. The van der Waals surface area contributed by atoms with Crippen LogP contribution in [0, 0.1) is 17.8 Å². The fourth-order valence-corrected chi connectivity index (χ4v) is 3.00. The predicted molar refractivity (Wildman–Crippen MR) is 53.8 cm³/mol. The summed E-state index contributed by atoms with van der Waals surface area (Å²) < 4.78 is 0. The molecule has 14 heavy (non-hydrogen) atoms. The average molecular weight is 192 g/mol. The van der Waals surface area contributed by atoms with E-state index in [1.54, 1.807) is 6.92 Å². The molecule has 0 saturated heterocycles. The monoisotopic (exact) mass is 192 g/mol. The lowest BCUT2D eigenvalue weighted by atomic mass is 9.62. The molecule has 2 heteroatoms. The Morgan fingerprint density at radius 1 is 1.50 bits per heavy atom. The summed E-state index contributed by atoms with van der Waals surface area (Å²) in [5.74, 6) is 0.874. The Bertz CT molecular complexity index is 314. The van der Waals surface area contributed by atoms with Gasteiger partial charge in [-0.05, 0) is 32.1 Å². The molecule has 0 spiro atoms. The van der Waals surface area contributed by atoms with Crippen molar-refractivity contribution in [1.29, 1.82) is 0 Å². The molecule has 0 aromatic carbocycles. The van der Waals surface area contributed by atoms with Gasteiger partial charge in [-0.25, -0.2) is 0 Å². The van der Waals surface area contributed by atoms with Crippen LogP contribution in [-0.2, 0) is 9.59 Å².